The van der Waals surface area contributed by atoms with E-state index in [-0.39, 0.29) is 5.75 Å². The van der Waals surface area contributed by atoms with Crippen molar-refractivity contribution in [3.63, 3.8) is 0 Å². The minimum Gasteiger partial charge on any atom is -0.506 e. The number of hydrogen-bond donors (Lipinski definition) is 1. The predicted molar refractivity (Wildman–Crippen MR) is 114 cm³/mol. The molecule has 2 aromatic carbocycles. The van der Waals surface area contributed by atoms with E-state index in [2.05, 4.69) is 53.1 Å². The van der Waals surface area contributed by atoms with Gasteiger partial charge in [0.2, 0.25) is 0 Å². The van der Waals surface area contributed by atoms with Crippen molar-refractivity contribution in [2.75, 3.05) is 32.1 Å². The van der Waals surface area contributed by atoms with E-state index in [0.717, 1.165) is 47.9 Å². The van der Waals surface area contributed by atoms with Crippen LogP contribution < -0.4 is 4.90 Å². The lowest BCUT2D eigenvalue weighted by Gasteiger charge is -2.26. The largest absolute Gasteiger partial charge is 0.506 e. The Morgan fingerprint density at radius 1 is 1.00 bits per heavy atom. The Kier molecular flexibility index (Phi) is 5.08. The number of rotatable bonds is 5. The molecule has 28 heavy (non-hydrogen) atoms. The van der Waals surface area contributed by atoms with Gasteiger partial charge >= 0.3 is 0 Å². The molecule has 0 bridgehead atoms. The zero-order chi connectivity index (χ0) is 19.5. The third-order valence-electron chi connectivity index (χ3n) is 4.80. The van der Waals surface area contributed by atoms with Gasteiger partial charge in [0.05, 0.1) is 17.6 Å². The van der Waals surface area contributed by atoms with Crippen molar-refractivity contribution in [3.8, 4) is 5.75 Å². The second kappa shape index (κ2) is 7.82. The van der Waals surface area contributed by atoms with Gasteiger partial charge in [0, 0.05) is 23.7 Å². The van der Waals surface area contributed by atoms with Crippen LogP contribution in [0.5, 0.6) is 5.75 Å². The molecule has 0 saturated carbocycles. The van der Waals surface area contributed by atoms with E-state index < -0.39 is 0 Å². The Labute approximate surface area is 165 Å². The van der Waals surface area contributed by atoms with Gasteiger partial charge in [-0.05, 0) is 33.1 Å². The number of para-hydroxylation sites is 1. The highest BCUT2D eigenvalue weighted by Gasteiger charge is 2.24. The van der Waals surface area contributed by atoms with Crippen LogP contribution in [0.25, 0.3) is 0 Å². The summed E-state index contributed by atoms with van der Waals surface area (Å²) < 4.78 is 0. The summed E-state index contributed by atoms with van der Waals surface area (Å²) in [4.78, 5) is 13.9. The van der Waals surface area contributed by atoms with E-state index in [1.54, 1.807) is 6.07 Å². The van der Waals surface area contributed by atoms with Crippen molar-refractivity contribution in [3.05, 3.63) is 78.0 Å². The Bertz CT molecular complexity index is 998. The smallest absolute Gasteiger partial charge is 0.159 e. The van der Waals surface area contributed by atoms with Gasteiger partial charge in [-0.2, -0.15) is 0 Å². The molecular weight excluding hydrogens is 348 g/mol. The lowest BCUT2D eigenvalue weighted by Crippen LogP contribution is -2.24. The minimum absolute atomic E-state index is 0.120. The van der Waals surface area contributed by atoms with Crippen molar-refractivity contribution in [1.29, 1.82) is 0 Å². The van der Waals surface area contributed by atoms with E-state index in [9.17, 15) is 5.11 Å². The lowest BCUT2D eigenvalue weighted by molar-refractivity contribution is 0.402. The second-order valence-corrected chi connectivity index (χ2v) is 7.19. The minimum atomic E-state index is 0.120. The van der Waals surface area contributed by atoms with Crippen LogP contribution in [-0.4, -0.2) is 47.9 Å². The number of fused-ring (bicyclic) bond motifs is 2. The summed E-state index contributed by atoms with van der Waals surface area (Å²) >= 11 is 0. The van der Waals surface area contributed by atoms with Gasteiger partial charge in [-0.15, -0.1) is 0 Å². The molecule has 0 saturated heterocycles. The van der Waals surface area contributed by atoms with Gasteiger partial charge in [-0.1, -0.05) is 48.5 Å². The molecule has 0 amide bonds. The van der Waals surface area contributed by atoms with E-state index >= 15 is 0 Å². The Morgan fingerprint density at radius 2 is 1.75 bits per heavy atom. The quantitative estimate of drug-likeness (QED) is 0.723. The number of nitrogens with zero attached hydrogens (tertiary/aromatic N) is 4. The molecule has 0 atom stereocenters. The highest BCUT2D eigenvalue weighted by atomic mass is 16.3. The van der Waals surface area contributed by atoms with Crippen molar-refractivity contribution >= 4 is 22.9 Å². The molecule has 0 unspecified atom stereocenters. The van der Waals surface area contributed by atoms with E-state index in [1.807, 2.05) is 30.3 Å². The first-order chi connectivity index (χ1) is 13.6. The standard InChI is InChI=1S/C23H24N4O/c1-26(2)13-8-14-27-21-12-7-6-11-19(21)22(17-9-4-3-5-10-17)25-20-15-18(28)16-24-23(20)27/h3-7,9-12,15-16,28H,8,13-14H2,1-2H3. The number of pyridine rings is 1. The summed E-state index contributed by atoms with van der Waals surface area (Å²) in [6, 6.07) is 20.2. The summed E-state index contributed by atoms with van der Waals surface area (Å²) in [5.74, 6) is 0.893. The maximum Gasteiger partial charge on any atom is 0.159 e. The summed E-state index contributed by atoms with van der Waals surface area (Å²) in [5, 5.41) is 10.0. The number of aliphatic imine (C=N–C) groups is 1. The molecule has 0 spiro atoms. The molecule has 3 aromatic rings. The van der Waals surface area contributed by atoms with Crippen molar-refractivity contribution in [2.45, 2.75) is 6.42 Å². The maximum atomic E-state index is 10.0. The van der Waals surface area contributed by atoms with Crippen LogP contribution in [0.15, 0.2) is 71.9 Å². The zero-order valence-corrected chi connectivity index (χ0v) is 16.2. The Morgan fingerprint density at radius 3 is 2.54 bits per heavy atom. The highest BCUT2D eigenvalue weighted by molar-refractivity contribution is 6.18. The molecule has 0 radical (unpaired) electrons. The predicted octanol–water partition coefficient (Wildman–Crippen LogP) is 4.36. The van der Waals surface area contributed by atoms with Gasteiger partial charge in [-0.25, -0.2) is 9.98 Å². The molecule has 0 fully saturated rings. The van der Waals surface area contributed by atoms with Crippen LogP contribution in [0.1, 0.15) is 17.5 Å². The SMILES string of the molecule is CN(C)CCCN1c2ccccc2C(c2ccccc2)=Nc2cc(O)cnc21. The molecule has 0 aliphatic carbocycles. The number of aromatic hydroxyl groups is 1. The van der Waals surface area contributed by atoms with Crippen molar-refractivity contribution < 1.29 is 5.11 Å². The normalized spacial score (nSPS) is 13.0. The zero-order valence-electron chi connectivity index (χ0n) is 16.2. The summed E-state index contributed by atoms with van der Waals surface area (Å²) in [6.07, 6.45) is 2.48. The fourth-order valence-electron chi connectivity index (χ4n) is 3.52. The average Bonchev–Trinajstić information content (AvgIpc) is 2.83. The number of aromatic nitrogens is 1. The first-order valence-electron chi connectivity index (χ1n) is 9.48. The fourth-order valence-corrected chi connectivity index (χ4v) is 3.52. The lowest BCUT2D eigenvalue weighted by atomic mass is 10.00. The molecule has 4 rings (SSSR count). The fraction of sp³-hybridized carbons (Fsp3) is 0.217. The number of benzene rings is 2. The number of hydrogen-bond acceptors (Lipinski definition) is 5. The van der Waals surface area contributed by atoms with Crippen LogP contribution in [0.4, 0.5) is 17.2 Å². The van der Waals surface area contributed by atoms with Crippen LogP contribution in [0, 0.1) is 0 Å². The van der Waals surface area contributed by atoms with Gasteiger partial charge < -0.3 is 14.9 Å². The van der Waals surface area contributed by atoms with Crippen LogP contribution in [0.3, 0.4) is 0 Å². The van der Waals surface area contributed by atoms with Crippen molar-refractivity contribution in [2.24, 2.45) is 4.99 Å². The van der Waals surface area contributed by atoms with E-state index in [1.165, 1.54) is 6.20 Å². The van der Waals surface area contributed by atoms with Crippen molar-refractivity contribution in [1.82, 2.24) is 9.88 Å². The topological polar surface area (TPSA) is 52.0 Å². The first-order valence-corrected chi connectivity index (χ1v) is 9.48. The number of anilines is 2. The van der Waals surface area contributed by atoms with Crippen LogP contribution >= 0.6 is 0 Å². The van der Waals surface area contributed by atoms with Gasteiger partial charge in [-0.3, -0.25) is 0 Å². The third-order valence-corrected chi connectivity index (χ3v) is 4.80. The molecule has 1 aliphatic heterocycles. The molecule has 2 heterocycles. The monoisotopic (exact) mass is 372 g/mol. The Hall–Kier alpha value is -3.18. The summed E-state index contributed by atoms with van der Waals surface area (Å²) in [6.45, 7) is 1.80. The van der Waals surface area contributed by atoms with Crippen LogP contribution in [-0.2, 0) is 0 Å². The Balaban J connectivity index is 1.88. The van der Waals surface area contributed by atoms with Gasteiger partial charge in [0.15, 0.2) is 5.82 Å². The average molecular weight is 372 g/mol. The van der Waals surface area contributed by atoms with E-state index in [0.29, 0.717) is 5.69 Å². The molecule has 1 aromatic heterocycles. The molecule has 142 valence electrons. The molecular formula is C23H24N4O. The highest BCUT2D eigenvalue weighted by Crippen LogP contribution is 2.40. The third kappa shape index (κ3) is 3.62. The van der Waals surface area contributed by atoms with Gasteiger partial charge in [0.25, 0.3) is 0 Å². The summed E-state index contributed by atoms with van der Waals surface area (Å²) in [5.41, 5.74) is 4.76. The molecule has 5 heteroatoms. The molecule has 1 aliphatic rings. The first kappa shape index (κ1) is 18.2. The maximum absolute atomic E-state index is 10.0. The van der Waals surface area contributed by atoms with Gasteiger partial charge in [0.1, 0.15) is 11.4 Å². The molecule has 5 nitrogen and oxygen atoms in total. The molecule has 1 N–H and O–H groups in total. The van der Waals surface area contributed by atoms with E-state index in [4.69, 9.17) is 4.99 Å². The summed E-state index contributed by atoms with van der Waals surface area (Å²) in [7, 11) is 4.16. The second-order valence-electron chi connectivity index (χ2n) is 7.19. The van der Waals surface area contributed by atoms with Crippen LogP contribution in [0.2, 0.25) is 0 Å².